The summed E-state index contributed by atoms with van der Waals surface area (Å²) in [5.41, 5.74) is 2.04. The number of hydrogen-bond acceptors (Lipinski definition) is 2. The van der Waals surface area contributed by atoms with E-state index in [4.69, 9.17) is 5.84 Å². The number of nitrogens with two attached hydrogens (primary N) is 1. The van der Waals surface area contributed by atoms with E-state index < -0.39 is 29.3 Å². The molecule has 0 saturated heterocycles. The summed E-state index contributed by atoms with van der Waals surface area (Å²) in [5, 5.41) is 0. The SMILES string of the molecule is NNC(Cc1ccc(F)cc1F)c1c(F)ccc(Br)c1F. The van der Waals surface area contributed by atoms with Crippen LogP contribution in [0.3, 0.4) is 0 Å². The Morgan fingerprint density at radius 1 is 1.05 bits per heavy atom. The van der Waals surface area contributed by atoms with Gasteiger partial charge >= 0.3 is 0 Å². The average molecular weight is 363 g/mol. The van der Waals surface area contributed by atoms with Gasteiger partial charge in [-0.3, -0.25) is 11.3 Å². The molecule has 3 N–H and O–H groups in total. The first kappa shape index (κ1) is 15.9. The van der Waals surface area contributed by atoms with E-state index in [1.165, 1.54) is 12.1 Å². The van der Waals surface area contributed by atoms with E-state index in [2.05, 4.69) is 21.4 Å². The maximum atomic E-state index is 14.0. The van der Waals surface area contributed by atoms with Gasteiger partial charge in [-0.05, 0) is 46.1 Å². The smallest absolute Gasteiger partial charge is 0.145 e. The zero-order valence-corrected chi connectivity index (χ0v) is 12.2. The Hall–Kier alpha value is -1.44. The molecule has 0 heterocycles. The fraction of sp³-hybridized carbons (Fsp3) is 0.143. The highest BCUT2D eigenvalue weighted by Gasteiger charge is 2.22. The molecule has 2 nitrogen and oxygen atoms in total. The Kier molecular flexibility index (Phi) is 4.97. The lowest BCUT2D eigenvalue weighted by Crippen LogP contribution is -2.31. The van der Waals surface area contributed by atoms with Crippen molar-refractivity contribution in [3.8, 4) is 0 Å². The van der Waals surface area contributed by atoms with Crippen LogP contribution in [-0.4, -0.2) is 0 Å². The maximum Gasteiger partial charge on any atom is 0.145 e. The Balaban J connectivity index is 2.39. The molecule has 0 aliphatic heterocycles. The van der Waals surface area contributed by atoms with Crippen LogP contribution < -0.4 is 11.3 Å². The van der Waals surface area contributed by atoms with Crippen LogP contribution in [0.1, 0.15) is 17.2 Å². The van der Waals surface area contributed by atoms with Crippen LogP contribution in [-0.2, 0) is 6.42 Å². The summed E-state index contributed by atoms with van der Waals surface area (Å²) in [4.78, 5) is 0. The Labute approximate surface area is 127 Å². The van der Waals surface area contributed by atoms with E-state index in [1.807, 2.05) is 0 Å². The minimum atomic E-state index is -0.998. The summed E-state index contributed by atoms with van der Waals surface area (Å²) < 4.78 is 54.4. The zero-order chi connectivity index (χ0) is 15.6. The monoisotopic (exact) mass is 362 g/mol. The summed E-state index contributed by atoms with van der Waals surface area (Å²) in [6, 6.07) is 4.29. The molecule has 2 aromatic carbocycles. The predicted molar refractivity (Wildman–Crippen MR) is 74.2 cm³/mol. The van der Waals surface area contributed by atoms with E-state index in [1.54, 1.807) is 0 Å². The lowest BCUT2D eigenvalue weighted by molar-refractivity contribution is 0.463. The zero-order valence-electron chi connectivity index (χ0n) is 10.6. The average Bonchev–Trinajstić information content (AvgIpc) is 2.44. The molecule has 0 spiro atoms. The first-order chi connectivity index (χ1) is 9.93. The molecule has 0 fully saturated rings. The van der Waals surface area contributed by atoms with Gasteiger partial charge in [-0.15, -0.1) is 0 Å². The quantitative estimate of drug-likeness (QED) is 0.376. The van der Waals surface area contributed by atoms with Gasteiger partial charge in [0.2, 0.25) is 0 Å². The van der Waals surface area contributed by atoms with Crippen molar-refractivity contribution in [1.82, 2.24) is 5.43 Å². The highest BCUT2D eigenvalue weighted by atomic mass is 79.9. The summed E-state index contributed by atoms with van der Waals surface area (Å²) in [6.07, 6.45) is -0.132. The fourth-order valence-electron chi connectivity index (χ4n) is 2.01. The van der Waals surface area contributed by atoms with Gasteiger partial charge in [-0.2, -0.15) is 0 Å². The first-order valence-electron chi connectivity index (χ1n) is 5.97. The molecule has 0 saturated carbocycles. The number of hydrazine groups is 1. The van der Waals surface area contributed by atoms with Gasteiger partial charge in [0, 0.05) is 11.6 Å². The lowest BCUT2D eigenvalue weighted by atomic mass is 9.98. The van der Waals surface area contributed by atoms with Crippen molar-refractivity contribution in [2.75, 3.05) is 0 Å². The molecular formula is C14H11BrF4N2. The van der Waals surface area contributed by atoms with Crippen LogP contribution in [0, 0.1) is 23.3 Å². The van der Waals surface area contributed by atoms with Crippen molar-refractivity contribution in [2.45, 2.75) is 12.5 Å². The molecule has 0 bridgehead atoms. The second-order valence-corrected chi connectivity index (χ2v) is 5.27. The highest BCUT2D eigenvalue weighted by Crippen LogP contribution is 2.29. The van der Waals surface area contributed by atoms with Crippen molar-refractivity contribution in [2.24, 2.45) is 5.84 Å². The predicted octanol–water partition coefficient (Wildman–Crippen LogP) is 3.75. The second kappa shape index (κ2) is 6.55. The van der Waals surface area contributed by atoms with Gasteiger partial charge in [0.05, 0.1) is 10.5 Å². The minimum Gasteiger partial charge on any atom is -0.271 e. The summed E-state index contributed by atoms with van der Waals surface area (Å²) in [6.45, 7) is 0. The molecule has 0 amide bonds. The summed E-state index contributed by atoms with van der Waals surface area (Å²) in [5.74, 6) is 2.17. The second-order valence-electron chi connectivity index (χ2n) is 4.42. The number of nitrogens with one attached hydrogen (secondary N) is 1. The highest BCUT2D eigenvalue weighted by molar-refractivity contribution is 9.10. The first-order valence-corrected chi connectivity index (χ1v) is 6.76. The number of halogens is 5. The molecule has 7 heteroatoms. The number of hydrogen-bond donors (Lipinski definition) is 2. The minimum absolute atomic E-state index is 0.0683. The van der Waals surface area contributed by atoms with Crippen molar-refractivity contribution < 1.29 is 17.6 Å². The molecule has 1 unspecified atom stereocenters. The van der Waals surface area contributed by atoms with Gasteiger partial charge in [0.15, 0.2) is 0 Å². The third-order valence-corrected chi connectivity index (χ3v) is 3.68. The number of rotatable bonds is 4. The van der Waals surface area contributed by atoms with Crippen LogP contribution in [0.2, 0.25) is 0 Å². The molecule has 21 heavy (non-hydrogen) atoms. The summed E-state index contributed by atoms with van der Waals surface area (Å²) >= 11 is 2.95. The standard InChI is InChI=1S/C14H11BrF4N2/c15-9-3-4-10(17)13(14(9)19)12(21-20)5-7-1-2-8(16)6-11(7)18/h1-4,6,12,21H,5,20H2. The van der Waals surface area contributed by atoms with E-state index >= 15 is 0 Å². The molecule has 0 aliphatic rings. The van der Waals surface area contributed by atoms with Crippen LogP contribution in [0.25, 0.3) is 0 Å². The van der Waals surface area contributed by atoms with Crippen molar-refractivity contribution >= 4 is 15.9 Å². The lowest BCUT2D eigenvalue weighted by Gasteiger charge is -2.19. The van der Waals surface area contributed by atoms with E-state index in [-0.39, 0.29) is 22.0 Å². The Morgan fingerprint density at radius 3 is 2.38 bits per heavy atom. The van der Waals surface area contributed by atoms with Gasteiger partial charge in [-0.1, -0.05) is 6.07 Å². The van der Waals surface area contributed by atoms with Crippen molar-refractivity contribution in [3.05, 3.63) is 69.2 Å². The van der Waals surface area contributed by atoms with Gasteiger partial charge in [-0.25, -0.2) is 17.6 Å². The van der Waals surface area contributed by atoms with E-state index in [0.29, 0.717) is 6.07 Å². The van der Waals surface area contributed by atoms with Gasteiger partial charge in [0.25, 0.3) is 0 Å². The largest absolute Gasteiger partial charge is 0.271 e. The molecule has 1 atom stereocenters. The van der Waals surface area contributed by atoms with Crippen LogP contribution in [0.15, 0.2) is 34.8 Å². The molecule has 2 aromatic rings. The summed E-state index contributed by atoms with van der Waals surface area (Å²) in [7, 11) is 0. The Bertz CT molecular complexity index is 664. The molecular weight excluding hydrogens is 352 g/mol. The molecule has 0 aromatic heterocycles. The van der Waals surface area contributed by atoms with Crippen LogP contribution >= 0.6 is 15.9 Å². The maximum absolute atomic E-state index is 14.0. The van der Waals surface area contributed by atoms with Gasteiger partial charge < -0.3 is 0 Å². The van der Waals surface area contributed by atoms with Crippen molar-refractivity contribution in [1.29, 1.82) is 0 Å². The topological polar surface area (TPSA) is 38.0 Å². The molecule has 2 rings (SSSR count). The molecule has 112 valence electrons. The van der Waals surface area contributed by atoms with Crippen LogP contribution in [0.5, 0.6) is 0 Å². The van der Waals surface area contributed by atoms with Crippen molar-refractivity contribution in [3.63, 3.8) is 0 Å². The van der Waals surface area contributed by atoms with Crippen LogP contribution in [0.4, 0.5) is 17.6 Å². The fourth-order valence-corrected chi connectivity index (χ4v) is 2.36. The Morgan fingerprint density at radius 2 is 1.76 bits per heavy atom. The molecule has 0 aliphatic carbocycles. The number of benzene rings is 2. The third-order valence-electron chi connectivity index (χ3n) is 3.07. The normalized spacial score (nSPS) is 12.5. The third kappa shape index (κ3) is 3.42. The van der Waals surface area contributed by atoms with Gasteiger partial charge in [0.1, 0.15) is 23.3 Å². The van der Waals surface area contributed by atoms with E-state index in [9.17, 15) is 17.6 Å². The molecule has 0 radical (unpaired) electrons. The van der Waals surface area contributed by atoms with E-state index in [0.717, 1.165) is 12.1 Å².